The summed E-state index contributed by atoms with van der Waals surface area (Å²) in [6.45, 7) is 5.75. The lowest BCUT2D eigenvalue weighted by molar-refractivity contribution is -0.0640. The van der Waals surface area contributed by atoms with Gasteiger partial charge in [-0.25, -0.2) is 4.39 Å². The van der Waals surface area contributed by atoms with Crippen LogP contribution in [0.5, 0.6) is 5.75 Å². The van der Waals surface area contributed by atoms with Gasteiger partial charge in [0.2, 0.25) is 0 Å². The molecule has 0 aromatic heterocycles. The third-order valence-corrected chi connectivity index (χ3v) is 4.87. The number of ether oxygens (including phenoxy) is 1. The molecule has 0 saturated carbocycles. The zero-order chi connectivity index (χ0) is 18.9. The number of carbonyl (C=O) groups is 1. The molecule has 2 aromatic carbocycles. The number of hydrogen-bond acceptors (Lipinski definition) is 4. The van der Waals surface area contributed by atoms with Crippen LogP contribution >= 0.6 is 0 Å². The molecule has 2 unspecified atom stereocenters. The molecule has 0 bridgehead atoms. The van der Waals surface area contributed by atoms with Gasteiger partial charge in [-0.1, -0.05) is 19.1 Å². The van der Waals surface area contributed by atoms with Crippen LogP contribution in [0.1, 0.15) is 48.3 Å². The lowest BCUT2D eigenvalue weighted by atomic mass is 9.85. The number of aryl methyl sites for hydroxylation is 1. The average Bonchev–Trinajstić information content (AvgIpc) is 2.62. The van der Waals surface area contributed by atoms with Crippen molar-refractivity contribution in [3.05, 3.63) is 65.0 Å². The first-order chi connectivity index (χ1) is 12.3. The number of nitrogens with one attached hydrogen (secondary N) is 1. The van der Waals surface area contributed by atoms with Crippen molar-refractivity contribution >= 4 is 5.78 Å². The molecule has 1 aliphatic rings. The number of rotatable bonds is 5. The first-order valence-electron chi connectivity index (χ1n) is 8.84. The van der Waals surface area contributed by atoms with Crippen molar-refractivity contribution in [3.8, 4) is 5.75 Å². The van der Waals surface area contributed by atoms with Gasteiger partial charge in [-0.2, -0.15) is 0 Å². The highest BCUT2D eigenvalue weighted by Gasteiger charge is 2.42. The van der Waals surface area contributed by atoms with Crippen molar-refractivity contribution in [3.63, 3.8) is 0 Å². The van der Waals surface area contributed by atoms with Gasteiger partial charge in [0.1, 0.15) is 23.3 Å². The van der Waals surface area contributed by atoms with Crippen molar-refractivity contribution in [1.82, 2.24) is 5.32 Å². The number of Topliss-reactive ketones (excluding diaryl/α,β-unsaturated/α-hetero) is 1. The van der Waals surface area contributed by atoms with E-state index in [4.69, 9.17) is 4.74 Å². The van der Waals surface area contributed by atoms with Crippen molar-refractivity contribution in [1.29, 1.82) is 0 Å². The Hall–Kier alpha value is -2.24. The van der Waals surface area contributed by atoms with Gasteiger partial charge in [-0.05, 0) is 56.2 Å². The first kappa shape index (κ1) is 18.5. The van der Waals surface area contributed by atoms with E-state index in [0.29, 0.717) is 11.3 Å². The van der Waals surface area contributed by atoms with Gasteiger partial charge in [-0.3, -0.25) is 4.79 Å². The monoisotopic (exact) mass is 357 g/mol. The van der Waals surface area contributed by atoms with E-state index in [0.717, 1.165) is 17.5 Å². The summed E-state index contributed by atoms with van der Waals surface area (Å²) in [6, 6.07) is 11.0. The SMILES string of the molecule is CCc1ccc2c(c1)C(NCC(=O)c1ccc(F)cc1)C(O)C(C)(C)O2. The van der Waals surface area contributed by atoms with Gasteiger partial charge >= 0.3 is 0 Å². The minimum Gasteiger partial charge on any atom is -0.485 e. The Labute approximate surface area is 153 Å². The number of benzene rings is 2. The maximum absolute atomic E-state index is 13.0. The molecule has 26 heavy (non-hydrogen) atoms. The number of aliphatic hydroxyl groups is 1. The van der Waals surface area contributed by atoms with Crippen LogP contribution in [0.2, 0.25) is 0 Å². The van der Waals surface area contributed by atoms with Crippen LogP contribution < -0.4 is 10.1 Å². The Morgan fingerprint density at radius 3 is 2.58 bits per heavy atom. The predicted molar refractivity (Wildman–Crippen MR) is 98.0 cm³/mol. The van der Waals surface area contributed by atoms with E-state index in [1.807, 2.05) is 32.0 Å². The summed E-state index contributed by atoms with van der Waals surface area (Å²) in [4.78, 5) is 12.4. The van der Waals surface area contributed by atoms with Gasteiger partial charge in [0.25, 0.3) is 0 Å². The fourth-order valence-corrected chi connectivity index (χ4v) is 3.23. The largest absolute Gasteiger partial charge is 0.485 e. The number of ketones is 1. The van der Waals surface area contributed by atoms with Gasteiger partial charge < -0.3 is 15.2 Å². The summed E-state index contributed by atoms with van der Waals surface area (Å²) in [6.07, 6.45) is 0.0525. The highest BCUT2D eigenvalue weighted by atomic mass is 19.1. The van der Waals surface area contributed by atoms with Gasteiger partial charge in [0, 0.05) is 11.1 Å². The second-order valence-corrected chi connectivity index (χ2v) is 7.16. The quantitative estimate of drug-likeness (QED) is 0.805. The molecule has 2 N–H and O–H groups in total. The standard InChI is InChI=1S/C21H24FNO3/c1-4-13-5-10-18-16(11-13)19(20(25)21(2,3)26-18)23-12-17(24)14-6-8-15(22)9-7-14/h5-11,19-20,23,25H,4,12H2,1-3H3. The number of fused-ring (bicyclic) bond motifs is 1. The smallest absolute Gasteiger partial charge is 0.176 e. The summed E-state index contributed by atoms with van der Waals surface area (Å²) in [7, 11) is 0. The number of halogens is 1. The van der Waals surface area contributed by atoms with E-state index in [2.05, 4.69) is 12.2 Å². The maximum atomic E-state index is 13.0. The molecular formula is C21H24FNO3. The van der Waals surface area contributed by atoms with Crippen LogP contribution in [0.3, 0.4) is 0 Å². The molecular weight excluding hydrogens is 333 g/mol. The predicted octanol–water partition coefficient (Wildman–Crippen LogP) is 3.43. The summed E-state index contributed by atoms with van der Waals surface area (Å²) in [5, 5.41) is 14.0. The molecule has 0 spiro atoms. The van der Waals surface area contributed by atoms with Crippen LogP contribution in [0.25, 0.3) is 0 Å². The summed E-state index contributed by atoms with van der Waals surface area (Å²) in [5.41, 5.74) is 1.64. The van der Waals surface area contributed by atoms with Gasteiger partial charge in [-0.15, -0.1) is 0 Å². The molecule has 0 aliphatic carbocycles. The van der Waals surface area contributed by atoms with Gasteiger partial charge in [0.15, 0.2) is 5.78 Å². The summed E-state index contributed by atoms with van der Waals surface area (Å²) < 4.78 is 19.0. The van der Waals surface area contributed by atoms with Gasteiger partial charge in [0.05, 0.1) is 12.6 Å². The normalized spacial score (nSPS) is 21.0. The molecule has 0 fully saturated rings. The number of hydrogen-bond donors (Lipinski definition) is 2. The molecule has 1 aliphatic heterocycles. The van der Waals surface area contributed by atoms with Crippen molar-refractivity contribution in [2.45, 2.75) is 44.9 Å². The van der Waals surface area contributed by atoms with Crippen LogP contribution in [-0.2, 0) is 6.42 Å². The zero-order valence-electron chi connectivity index (χ0n) is 15.3. The highest BCUT2D eigenvalue weighted by Crippen LogP contribution is 2.40. The van der Waals surface area contributed by atoms with E-state index < -0.39 is 17.7 Å². The Balaban J connectivity index is 1.83. The lowest BCUT2D eigenvalue weighted by Crippen LogP contribution is -2.53. The molecule has 5 heteroatoms. The molecule has 4 nitrogen and oxygen atoms in total. The lowest BCUT2D eigenvalue weighted by Gasteiger charge is -2.42. The van der Waals surface area contributed by atoms with Crippen LogP contribution in [-0.4, -0.2) is 29.1 Å². The molecule has 0 saturated heterocycles. The second kappa shape index (κ2) is 7.17. The fraction of sp³-hybridized carbons (Fsp3) is 0.381. The molecule has 0 radical (unpaired) electrons. The third kappa shape index (κ3) is 3.64. The molecule has 0 amide bonds. The Kier molecular flexibility index (Phi) is 5.12. The second-order valence-electron chi connectivity index (χ2n) is 7.16. The summed E-state index contributed by atoms with van der Waals surface area (Å²) >= 11 is 0. The Morgan fingerprint density at radius 1 is 1.23 bits per heavy atom. The number of carbonyl (C=O) groups excluding carboxylic acids is 1. The minimum atomic E-state index is -0.817. The molecule has 3 rings (SSSR count). The summed E-state index contributed by atoms with van der Waals surface area (Å²) in [5.74, 6) is 0.177. The Morgan fingerprint density at radius 2 is 1.92 bits per heavy atom. The van der Waals surface area contributed by atoms with Crippen LogP contribution in [0.4, 0.5) is 4.39 Å². The van der Waals surface area contributed by atoms with Crippen LogP contribution in [0.15, 0.2) is 42.5 Å². The van der Waals surface area contributed by atoms with Crippen LogP contribution in [0, 0.1) is 5.82 Å². The maximum Gasteiger partial charge on any atom is 0.176 e. The molecule has 2 atom stereocenters. The average molecular weight is 357 g/mol. The molecule has 2 aromatic rings. The van der Waals surface area contributed by atoms with E-state index in [-0.39, 0.29) is 18.1 Å². The van der Waals surface area contributed by atoms with Crippen molar-refractivity contribution < 1.29 is 19.0 Å². The molecule has 138 valence electrons. The molecule has 1 heterocycles. The van der Waals surface area contributed by atoms with Crippen molar-refractivity contribution in [2.75, 3.05) is 6.54 Å². The highest BCUT2D eigenvalue weighted by molar-refractivity contribution is 5.97. The van der Waals surface area contributed by atoms with E-state index >= 15 is 0 Å². The number of aliphatic hydroxyl groups excluding tert-OH is 1. The fourth-order valence-electron chi connectivity index (χ4n) is 3.23. The third-order valence-electron chi connectivity index (χ3n) is 4.87. The first-order valence-corrected chi connectivity index (χ1v) is 8.84. The van der Waals surface area contributed by atoms with Crippen molar-refractivity contribution in [2.24, 2.45) is 0 Å². The van der Waals surface area contributed by atoms with E-state index in [1.54, 1.807) is 0 Å². The minimum absolute atomic E-state index is 0.0409. The topological polar surface area (TPSA) is 58.6 Å². The van der Waals surface area contributed by atoms with E-state index in [9.17, 15) is 14.3 Å². The van der Waals surface area contributed by atoms with E-state index in [1.165, 1.54) is 24.3 Å². The zero-order valence-corrected chi connectivity index (χ0v) is 15.3. The Bertz CT molecular complexity index is 801.